The Labute approximate surface area is 181 Å². The molecule has 1 aliphatic heterocycles. The summed E-state index contributed by atoms with van der Waals surface area (Å²) in [5.74, 6) is 0.795. The Kier molecular flexibility index (Phi) is 6.54. The predicted octanol–water partition coefficient (Wildman–Crippen LogP) is 5.64. The van der Waals surface area contributed by atoms with Gasteiger partial charge in [0.1, 0.15) is 17.5 Å². The van der Waals surface area contributed by atoms with Gasteiger partial charge in [0.25, 0.3) is 0 Å². The molecule has 0 N–H and O–H groups in total. The van der Waals surface area contributed by atoms with Crippen LogP contribution < -0.4 is 4.74 Å². The summed E-state index contributed by atoms with van der Waals surface area (Å²) < 4.78 is 19.0. The monoisotopic (exact) mass is 461 g/mol. The minimum atomic E-state index is -0.546. The smallest absolute Gasteiger partial charge is 0.410 e. The van der Waals surface area contributed by atoms with E-state index in [-0.39, 0.29) is 18.3 Å². The highest BCUT2D eigenvalue weighted by molar-refractivity contribution is 9.10. The molecule has 0 radical (unpaired) electrons. The van der Waals surface area contributed by atoms with Gasteiger partial charge in [-0.2, -0.15) is 0 Å². The van der Waals surface area contributed by atoms with Crippen molar-refractivity contribution in [2.75, 3.05) is 13.6 Å². The average Bonchev–Trinajstić information content (AvgIpc) is 2.64. The summed E-state index contributed by atoms with van der Waals surface area (Å²) in [5, 5.41) is 0. The molecule has 2 aromatic carbocycles. The minimum Gasteiger partial charge on any atom is -0.483 e. The second-order valence-electron chi connectivity index (χ2n) is 8.36. The van der Waals surface area contributed by atoms with Crippen LogP contribution in [-0.4, -0.2) is 36.3 Å². The standard InChI is InChI=1S/C23H28BrNO4/c1-15-12-17(24)10-11-19(15)28-21-18-9-7-6-8-16(18)14-27-20(21)13-25(5)22(26)29-23(2,3)4/h6-12,20-21H,13-14H2,1-5H3/t20-,21-/m0/s1. The lowest BCUT2D eigenvalue weighted by Gasteiger charge is -2.36. The molecule has 1 aliphatic rings. The van der Waals surface area contributed by atoms with Crippen LogP contribution in [0.15, 0.2) is 46.9 Å². The molecule has 0 saturated heterocycles. The van der Waals surface area contributed by atoms with E-state index in [1.165, 1.54) is 0 Å². The second-order valence-corrected chi connectivity index (χ2v) is 9.27. The Morgan fingerprint density at radius 2 is 1.97 bits per heavy atom. The molecule has 2 aromatic rings. The van der Waals surface area contributed by atoms with E-state index in [2.05, 4.69) is 22.0 Å². The topological polar surface area (TPSA) is 48.0 Å². The summed E-state index contributed by atoms with van der Waals surface area (Å²) in [6.45, 7) is 8.43. The zero-order chi connectivity index (χ0) is 21.2. The summed E-state index contributed by atoms with van der Waals surface area (Å²) in [4.78, 5) is 14.0. The third kappa shape index (κ3) is 5.52. The van der Waals surface area contributed by atoms with Gasteiger partial charge in [0.15, 0.2) is 6.10 Å². The number of aryl methyl sites for hydroxylation is 1. The number of carbonyl (C=O) groups is 1. The maximum absolute atomic E-state index is 12.4. The van der Waals surface area contributed by atoms with Gasteiger partial charge in [-0.15, -0.1) is 0 Å². The maximum atomic E-state index is 12.4. The number of rotatable bonds is 4. The molecule has 156 valence electrons. The van der Waals surface area contributed by atoms with Crippen molar-refractivity contribution >= 4 is 22.0 Å². The molecule has 0 aliphatic carbocycles. The van der Waals surface area contributed by atoms with Gasteiger partial charge in [-0.25, -0.2) is 4.79 Å². The van der Waals surface area contributed by atoms with E-state index in [0.29, 0.717) is 13.2 Å². The Morgan fingerprint density at radius 3 is 2.66 bits per heavy atom. The summed E-state index contributed by atoms with van der Waals surface area (Å²) >= 11 is 3.49. The van der Waals surface area contributed by atoms with Crippen molar-refractivity contribution in [2.24, 2.45) is 0 Å². The number of amides is 1. The number of carbonyl (C=O) groups excluding carboxylic acids is 1. The lowest BCUT2D eigenvalue weighted by Crippen LogP contribution is -2.44. The SMILES string of the molecule is Cc1cc(Br)ccc1O[C@H]1c2ccccc2CO[C@H]1CN(C)C(=O)OC(C)(C)C. The number of fused-ring (bicyclic) bond motifs is 1. The summed E-state index contributed by atoms with van der Waals surface area (Å²) in [7, 11) is 1.72. The van der Waals surface area contributed by atoms with Crippen LogP contribution in [0.25, 0.3) is 0 Å². The highest BCUT2D eigenvalue weighted by Crippen LogP contribution is 2.35. The van der Waals surface area contributed by atoms with Gasteiger partial charge in [0.05, 0.1) is 13.2 Å². The van der Waals surface area contributed by atoms with Crippen LogP contribution >= 0.6 is 15.9 Å². The molecule has 2 atom stereocenters. The van der Waals surface area contributed by atoms with Crippen LogP contribution in [-0.2, 0) is 16.1 Å². The van der Waals surface area contributed by atoms with Crippen LogP contribution in [0.2, 0.25) is 0 Å². The molecule has 3 rings (SSSR count). The van der Waals surface area contributed by atoms with E-state index in [1.54, 1.807) is 11.9 Å². The molecular weight excluding hydrogens is 434 g/mol. The fourth-order valence-corrected chi connectivity index (χ4v) is 3.76. The molecule has 0 aromatic heterocycles. The van der Waals surface area contributed by atoms with Crippen molar-refractivity contribution < 1.29 is 19.0 Å². The zero-order valence-electron chi connectivity index (χ0n) is 17.6. The fourth-order valence-electron chi connectivity index (χ4n) is 3.28. The van der Waals surface area contributed by atoms with Crippen molar-refractivity contribution in [2.45, 2.75) is 52.1 Å². The first-order valence-electron chi connectivity index (χ1n) is 9.70. The molecule has 29 heavy (non-hydrogen) atoms. The fraction of sp³-hybridized carbons (Fsp3) is 0.435. The second kappa shape index (κ2) is 8.76. The van der Waals surface area contributed by atoms with Crippen molar-refractivity contribution in [3.63, 3.8) is 0 Å². The van der Waals surface area contributed by atoms with Gasteiger partial charge in [-0.05, 0) is 57.0 Å². The van der Waals surface area contributed by atoms with Crippen LogP contribution in [0.3, 0.4) is 0 Å². The zero-order valence-corrected chi connectivity index (χ0v) is 19.2. The minimum absolute atomic E-state index is 0.314. The van der Waals surface area contributed by atoms with E-state index in [0.717, 1.165) is 26.9 Å². The number of nitrogens with zero attached hydrogens (tertiary/aromatic N) is 1. The molecule has 0 saturated carbocycles. The predicted molar refractivity (Wildman–Crippen MR) is 116 cm³/mol. The number of benzene rings is 2. The molecule has 0 fully saturated rings. The summed E-state index contributed by atoms with van der Waals surface area (Å²) in [5.41, 5.74) is 2.67. The van der Waals surface area contributed by atoms with Gasteiger partial charge in [0, 0.05) is 17.1 Å². The molecule has 0 unspecified atom stereocenters. The largest absolute Gasteiger partial charge is 0.483 e. The Balaban J connectivity index is 1.84. The molecule has 5 nitrogen and oxygen atoms in total. The quantitative estimate of drug-likeness (QED) is 0.590. The number of halogens is 1. The summed E-state index contributed by atoms with van der Waals surface area (Å²) in [6.07, 6.45) is -1.02. The number of likely N-dealkylation sites (N-methyl/N-ethyl adjacent to an activating group) is 1. The first kappa shape index (κ1) is 21.7. The Hall–Kier alpha value is -2.05. The van der Waals surface area contributed by atoms with Gasteiger partial charge < -0.3 is 19.1 Å². The third-order valence-corrected chi connectivity index (χ3v) is 5.20. The first-order chi connectivity index (χ1) is 13.6. The molecule has 6 heteroatoms. The summed E-state index contributed by atoms with van der Waals surface area (Å²) in [6, 6.07) is 14.0. The average molecular weight is 462 g/mol. The van der Waals surface area contributed by atoms with Gasteiger partial charge in [-0.1, -0.05) is 40.2 Å². The van der Waals surface area contributed by atoms with Crippen molar-refractivity contribution in [1.82, 2.24) is 4.90 Å². The van der Waals surface area contributed by atoms with Crippen LogP contribution in [0.4, 0.5) is 4.79 Å². The lowest BCUT2D eigenvalue weighted by atomic mass is 9.95. The van der Waals surface area contributed by atoms with Crippen LogP contribution in [0, 0.1) is 6.92 Å². The Morgan fingerprint density at radius 1 is 1.24 bits per heavy atom. The Bertz CT molecular complexity index is 877. The molecule has 1 heterocycles. The van der Waals surface area contributed by atoms with Crippen molar-refractivity contribution in [3.05, 3.63) is 63.6 Å². The van der Waals surface area contributed by atoms with Crippen molar-refractivity contribution in [1.29, 1.82) is 0 Å². The van der Waals surface area contributed by atoms with E-state index in [4.69, 9.17) is 14.2 Å². The third-order valence-electron chi connectivity index (χ3n) is 4.70. The molecule has 0 bridgehead atoms. The van der Waals surface area contributed by atoms with Gasteiger partial charge in [0.2, 0.25) is 0 Å². The first-order valence-corrected chi connectivity index (χ1v) is 10.5. The number of hydrogen-bond donors (Lipinski definition) is 0. The lowest BCUT2D eigenvalue weighted by molar-refractivity contribution is -0.0660. The van der Waals surface area contributed by atoms with E-state index in [9.17, 15) is 4.79 Å². The van der Waals surface area contributed by atoms with Crippen molar-refractivity contribution in [3.8, 4) is 5.75 Å². The molecular formula is C23H28BrNO4. The van der Waals surface area contributed by atoms with E-state index >= 15 is 0 Å². The normalized spacial score (nSPS) is 18.7. The number of hydrogen-bond acceptors (Lipinski definition) is 4. The maximum Gasteiger partial charge on any atom is 0.410 e. The molecule has 0 spiro atoms. The number of ether oxygens (including phenoxy) is 3. The van der Waals surface area contributed by atoms with E-state index in [1.807, 2.05) is 64.1 Å². The highest BCUT2D eigenvalue weighted by Gasteiger charge is 2.35. The van der Waals surface area contributed by atoms with Gasteiger partial charge >= 0.3 is 6.09 Å². The van der Waals surface area contributed by atoms with Crippen LogP contribution in [0.1, 0.15) is 43.6 Å². The molecule has 1 amide bonds. The van der Waals surface area contributed by atoms with E-state index < -0.39 is 5.60 Å². The van der Waals surface area contributed by atoms with Crippen LogP contribution in [0.5, 0.6) is 5.75 Å². The highest BCUT2D eigenvalue weighted by atomic mass is 79.9. The van der Waals surface area contributed by atoms with Gasteiger partial charge in [-0.3, -0.25) is 0 Å².